The summed E-state index contributed by atoms with van der Waals surface area (Å²) >= 11 is 0. The molecule has 0 aliphatic carbocycles. The summed E-state index contributed by atoms with van der Waals surface area (Å²) in [6.07, 6.45) is 6.75. The SMILES string of the molecule is CC(F)(F)COC(=CC=C(CN)CN)CCCCCN. The van der Waals surface area contributed by atoms with Crippen molar-refractivity contribution in [2.45, 2.75) is 38.5 Å². The highest BCUT2D eigenvalue weighted by Gasteiger charge is 2.22. The van der Waals surface area contributed by atoms with Crippen molar-refractivity contribution in [1.29, 1.82) is 0 Å². The molecular weight excluding hydrogens is 264 g/mol. The topological polar surface area (TPSA) is 87.3 Å². The molecule has 0 aromatic rings. The fourth-order valence-corrected chi connectivity index (χ4v) is 1.47. The maximum atomic E-state index is 12.8. The number of alkyl halides is 2. The highest BCUT2D eigenvalue weighted by molar-refractivity contribution is 5.17. The highest BCUT2D eigenvalue weighted by Crippen LogP contribution is 2.17. The maximum absolute atomic E-state index is 12.8. The number of rotatable bonds is 11. The molecule has 6 N–H and O–H groups in total. The molecule has 0 unspecified atom stereocenters. The predicted molar refractivity (Wildman–Crippen MR) is 78.4 cm³/mol. The molecule has 0 atom stereocenters. The monoisotopic (exact) mass is 291 g/mol. The zero-order chi connectivity index (χ0) is 15.4. The van der Waals surface area contributed by atoms with Gasteiger partial charge < -0.3 is 21.9 Å². The van der Waals surface area contributed by atoms with Gasteiger partial charge >= 0.3 is 0 Å². The van der Waals surface area contributed by atoms with Gasteiger partial charge in [0.1, 0.15) is 0 Å². The van der Waals surface area contributed by atoms with Gasteiger partial charge in [0, 0.05) is 26.4 Å². The van der Waals surface area contributed by atoms with Crippen LogP contribution in [0.15, 0.2) is 23.5 Å². The standard InChI is InChI=1S/C14H27F2N3O/c1-14(15,16)11-20-13(5-3-2-4-8-17)7-6-12(9-18)10-19/h6-7H,2-5,8-11,17-19H2,1H3. The van der Waals surface area contributed by atoms with Crippen molar-refractivity contribution >= 4 is 0 Å². The van der Waals surface area contributed by atoms with Crippen LogP contribution in [0.25, 0.3) is 0 Å². The van der Waals surface area contributed by atoms with E-state index in [1.165, 1.54) is 0 Å². The summed E-state index contributed by atoms with van der Waals surface area (Å²) < 4.78 is 30.8. The molecule has 0 aliphatic rings. The second kappa shape index (κ2) is 10.8. The van der Waals surface area contributed by atoms with Crippen LogP contribution >= 0.6 is 0 Å². The van der Waals surface area contributed by atoms with E-state index in [1.54, 1.807) is 12.2 Å². The molecule has 0 rings (SSSR count). The number of allylic oxidation sites excluding steroid dienone is 3. The van der Waals surface area contributed by atoms with Gasteiger partial charge in [0.15, 0.2) is 6.61 Å². The first kappa shape index (κ1) is 19.0. The van der Waals surface area contributed by atoms with Crippen molar-refractivity contribution in [2.24, 2.45) is 17.2 Å². The molecule has 6 heteroatoms. The molecule has 0 fully saturated rings. The third kappa shape index (κ3) is 10.9. The summed E-state index contributed by atoms with van der Waals surface area (Å²) in [6.45, 7) is 1.54. The van der Waals surface area contributed by atoms with Crippen LogP contribution in [0.1, 0.15) is 32.6 Å². The Morgan fingerprint density at radius 2 is 1.70 bits per heavy atom. The Labute approximate surface area is 120 Å². The van der Waals surface area contributed by atoms with Crippen LogP contribution in [0.4, 0.5) is 8.78 Å². The van der Waals surface area contributed by atoms with Crippen LogP contribution in [0, 0.1) is 0 Å². The van der Waals surface area contributed by atoms with Gasteiger partial charge in [0.05, 0.1) is 5.76 Å². The highest BCUT2D eigenvalue weighted by atomic mass is 19.3. The first-order valence-electron chi connectivity index (χ1n) is 6.92. The summed E-state index contributed by atoms with van der Waals surface area (Å²) in [5.74, 6) is -2.31. The van der Waals surface area contributed by atoms with E-state index in [9.17, 15) is 8.78 Å². The smallest absolute Gasteiger partial charge is 0.278 e. The molecule has 118 valence electrons. The molecule has 0 radical (unpaired) electrons. The Morgan fingerprint density at radius 1 is 1.05 bits per heavy atom. The van der Waals surface area contributed by atoms with Gasteiger partial charge in [-0.25, -0.2) is 8.78 Å². The Kier molecular flexibility index (Phi) is 10.2. The Morgan fingerprint density at radius 3 is 2.20 bits per heavy atom. The van der Waals surface area contributed by atoms with Crippen LogP contribution in [-0.4, -0.2) is 32.2 Å². The zero-order valence-corrected chi connectivity index (χ0v) is 12.2. The molecule has 0 saturated carbocycles. The number of halogens is 2. The lowest BCUT2D eigenvalue weighted by Crippen LogP contribution is -2.18. The van der Waals surface area contributed by atoms with Gasteiger partial charge in [0.25, 0.3) is 5.92 Å². The normalized spacial score (nSPS) is 12.4. The Bertz CT molecular complexity index is 306. The van der Waals surface area contributed by atoms with Crippen molar-refractivity contribution in [3.05, 3.63) is 23.5 Å². The lowest BCUT2D eigenvalue weighted by atomic mass is 10.1. The lowest BCUT2D eigenvalue weighted by Gasteiger charge is -2.14. The first-order valence-corrected chi connectivity index (χ1v) is 6.92. The molecule has 0 aliphatic heterocycles. The molecule has 20 heavy (non-hydrogen) atoms. The van der Waals surface area contributed by atoms with E-state index in [-0.39, 0.29) is 0 Å². The van der Waals surface area contributed by atoms with Crippen molar-refractivity contribution < 1.29 is 13.5 Å². The quantitative estimate of drug-likeness (QED) is 0.308. The van der Waals surface area contributed by atoms with E-state index in [2.05, 4.69) is 0 Å². The van der Waals surface area contributed by atoms with Gasteiger partial charge in [-0.2, -0.15) is 0 Å². The van der Waals surface area contributed by atoms with E-state index in [4.69, 9.17) is 21.9 Å². The third-order valence-electron chi connectivity index (χ3n) is 2.67. The van der Waals surface area contributed by atoms with Crippen LogP contribution < -0.4 is 17.2 Å². The average Bonchev–Trinajstić information content (AvgIpc) is 2.39. The largest absolute Gasteiger partial charge is 0.492 e. The molecule has 0 aromatic carbocycles. The second-order valence-corrected chi connectivity index (χ2v) is 4.82. The molecular formula is C14H27F2N3O. The number of ether oxygens (including phenoxy) is 1. The van der Waals surface area contributed by atoms with Crippen molar-refractivity contribution in [1.82, 2.24) is 0 Å². The van der Waals surface area contributed by atoms with Gasteiger partial charge in [-0.15, -0.1) is 0 Å². The van der Waals surface area contributed by atoms with E-state index < -0.39 is 12.5 Å². The summed E-state index contributed by atoms with van der Waals surface area (Å²) in [5, 5.41) is 0. The fraction of sp³-hybridized carbons (Fsp3) is 0.714. The van der Waals surface area contributed by atoms with Crippen molar-refractivity contribution in [3.8, 4) is 0 Å². The lowest BCUT2D eigenvalue weighted by molar-refractivity contribution is -0.0452. The second-order valence-electron chi connectivity index (χ2n) is 4.82. The molecule has 0 aromatic heterocycles. The van der Waals surface area contributed by atoms with E-state index in [0.717, 1.165) is 31.8 Å². The molecule has 4 nitrogen and oxygen atoms in total. The minimum Gasteiger partial charge on any atom is -0.492 e. The summed E-state index contributed by atoms with van der Waals surface area (Å²) in [7, 11) is 0. The average molecular weight is 291 g/mol. The van der Waals surface area contributed by atoms with Gasteiger partial charge in [-0.1, -0.05) is 12.5 Å². The number of unbranched alkanes of at least 4 members (excludes halogenated alkanes) is 2. The number of hydrogen-bond donors (Lipinski definition) is 3. The summed E-state index contributed by atoms with van der Waals surface area (Å²) in [6, 6.07) is 0. The van der Waals surface area contributed by atoms with Crippen LogP contribution in [0.5, 0.6) is 0 Å². The molecule has 0 bridgehead atoms. The minimum atomic E-state index is -2.84. The molecule has 0 heterocycles. The third-order valence-corrected chi connectivity index (χ3v) is 2.67. The van der Waals surface area contributed by atoms with E-state index >= 15 is 0 Å². The summed E-state index contributed by atoms with van der Waals surface area (Å²) in [4.78, 5) is 0. The first-order chi connectivity index (χ1) is 9.42. The zero-order valence-electron chi connectivity index (χ0n) is 12.2. The van der Waals surface area contributed by atoms with Gasteiger partial charge in [-0.3, -0.25) is 0 Å². The van der Waals surface area contributed by atoms with E-state index in [1.807, 2.05) is 0 Å². The summed E-state index contributed by atoms with van der Waals surface area (Å²) in [5.41, 5.74) is 17.3. The van der Waals surface area contributed by atoms with Crippen molar-refractivity contribution in [3.63, 3.8) is 0 Å². The predicted octanol–water partition coefficient (Wildman–Crippen LogP) is 1.91. The minimum absolute atomic E-state index is 0.345. The molecule has 0 amide bonds. The fourth-order valence-electron chi connectivity index (χ4n) is 1.47. The van der Waals surface area contributed by atoms with E-state index in [0.29, 0.717) is 31.8 Å². The van der Waals surface area contributed by atoms with Crippen LogP contribution in [0.2, 0.25) is 0 Å². The van der Waals surface area contributed by atoms with Gasteiger partial charge in [-0.05, 0) is 31.0 Å². The maximum Gasteiger partial charge on any atom is 0.278 e. The number of nitrogens with two attached hydrogens (primary N) is 3. The molecule has 0 saturated heterocycles. The van der Waals surface area contributed by atoms with Crippen LogP contribution in [-0.2, 0) is 4.74 Å². The van der Waals surface area contributed by atoms with Gasteiger partial charge in [0.2, 0.25) is 0 Å². The Hall–Kier alpha value is -0.980. The molecule has 0 spiro atoms. The van der Waals surface area contributed by atoms with Crippen molar-refractivity contribution in [2.75, 3.05) is 26.2 Å². The Balaban J connectivity index is 4.52. The number of hydrogen-bond acceptors (Lipinski definition) is 4. The van der Waals surface area contributed by atoms with Crippen LogP contribution in [0.3, 0.4) is 0 Å².